The second kappa shape index (κ2) is 7.13. The van der Waals surface area contributed by atoms with Crippen molar-refractivity contribution in [3.63, 3.8) is 0 Å². The van der Waals surface area contributed by atoms with Gasteiger partial charge < -0.3 is 8.98 Å². The lowest BCUT2D eigenvalue weighted by Gasteiger charge is -2.08. The zero-order chi connectivity index (χ0) is 18.1. The Morgan fingerprint density at radius 2 is 2.08 bits per heavy atom. The van der Waals surface area contributed by atoms with Crippen LogP contribution in [0.3, 0.4) is 0 Å². The molecule has 0 amide bonds. The first-order chi connectivity index (χ1) is 12.7. The summed E-state index contributed by atoms with van der Waals surface area (Å²) in [6.45, 7) is 4.81. The SMILES string of the molecule is CCn1c(SCc2ccc(Cl)c3cccnc23)nnc1-c1ccoc1C. The number of benzene rings is 1. The van der Waals surface area contributed by atoms with Crippen LogP contribution in [0.4, 0.5) is 0 Å². The zero-order valence-electron chi connectivity index (χ0n) is 14.4. The molecule has 5 nitrogen and oxygen atoms in total. The minimum Gasteiger partial charge on any atom is -0.469 e. The molecule has 4 rings (SSSR count). The summed E-state index contributed by atoms with van der Waals surface area (Å²) in [5.74, 6) is 2.42. The molecule has 0 aliphatic heterocycles. The number of aromatic nitrogens is 4. The van der Waals surface area contributed by atoms with E-state index < -0.39 is 0 Å². The van der Waals surface area contributed by atoms with E-state index in [-0.39, 0.29) is 0 Å². The van der Waals surface area contributed by atoms with E-state index in [9.17, 15) is 0 Å². The average molecular weight is 385 g/mol. The second-order valence-corrected chi connectivity index (χ2v) is 7.19. The minimum absolute atomic E-state index is 0.719. The Morgan fingerprint density at radius 1 is 1.19 bits per heavy atom. The maximum Gasteiger partial charge on any atom is 0.191 e. The van der Waals surface area contributed by atoms with Gasteiger partial charge in [0.1, 0.15) is 5.76 Å². The number of fused-ring (bicyclic) bond motifs is 1. The summed E-state index contributed by atoms with van der Waals surface area (Å²) < 4.78 is 7.51. The molecule has 0 unspecified atom stereocenters. The van der Waals surface area contributed by atoms with Crippen LogP contribution in [-0.4, -0.2) is 19.7 Å². The van der Waals surface area contributed by atoms with E-state index in [4.69, 9.17) is 16.0 Å². The van der Waals surface area contributed by atoms with Crippen LogP contribution in [0.15, 0.2) is 52.4 Å². The van der Waals surface area contributed by atoms with E-state index >= 15 is 0 Å². The Kier molecular flexibility index (Phi) is 4.70. The largest absolute Gasteiger partial charge is 0.469 e. The van der Waals surface area contributed by atoms with Crippen LogP contribution < -0.4 is 0 Å². The highest BCUT2D eigenvalue weighted by atomic mass is 35.5. The van der Waals surface area contributed by atoms with E-state index in [1.807, 2.05) is 37.3 Å². The van der Waals surface area contributed by atoms with Crippen molar-refractivity contribution in [2.45, 2.75) is 31.3 Å². The first-order valence-electron chi connectivity index (χ1n) is 8.31. The lowest BCUT2D eigenvalue weighted by Crippen LogP contribution is -2.00. The van der Waals surface area contributed by atoms with Gasteiger partial charge in [0.15, 0.2) is 11.0 Å². The average Bonchev–Trinajstić information content (AvgIpc) is 3.26. The molecule has 7 heteroatoms. The predicted octanol–water partition coefficient (Wildman–Crippen LogP) is 5.36. The van der Waals surface area contributed by atoms with Crippen molar-refractivity contribution >= 4 is 34.3 Å². The molecule has 3 heterocycles. The standard InChI is InChI=1S/C19H17ClN4OS/c1-3-24-18(14-8-10-25-12(14)2)22-23-19(24)26-11-13-6-7-16(20)15-5-4-9-21-17(13)15/h4-10H,3,11H2,1-2H3. The predicted molar refractivity (Wildman–Crippen MR) is 104 cm³/mol. The third-order valence-corrected chi connectivity index (χ3v) is 5.63. The van der Waals surface area contributed by atoms with Crippen molar-refractivity contribution in [1.29, 1.82) is 0 Å². The summed E-state index contributed by atoms with van der Waals surface area (Å²) in [5.41, 5.74) is 3.03. The summed E-state index contributed by atoms with van der Waals surface area (Å²) in [5, 5.41) is 11.3. The first-order valence-corrected chi connectivity index (χ1v) is 9.68. The highest BCUT2D eigenvalue weighted by Crippen LogP contribution is 2.31. The maximum atomic E-state index is 6.29. The Hall–Kier alpha value is -2.31. The van der Waals surface area contributed by atoms with E-state index in [2.05, 4.69) is 26.7 Å². The number of hydrogen-bond donors (Lipinski definition) is 0. The lowest BCUT2D eigenvalue weighted by molar-refractivity contribution is 0.534. The molecule has 0 aliphatic carbocycles. The fourth-order valence-corrected chi connectivity index (χ4v) is 4.15. The summed E-state index contributed by atoms with van der Waals surface area (Å²) in [7, 11) is 0. The Bertz CT molecular complexity index is 1070. The van der Waals surface area contributed by atoms with Crippen molar-refractivity contribution in [3.8, 4) is 11.4 Å². The molecular formula is C19H17ClN4OS. The molecule has 0 saturated heterocycles. The molecule has 0 saturated carbocycles. The van der Waals surface area contributed by atoms with Gasteiger partial charge in [-0.25, -0.2) is 0 Å². The van der Waals surface area contributed by atoms with Crippen LogP contribution >= 0.6 is 23.4 Å². The Morgan fingerprint density at radius 3 is 2.85 bits per heavy atom. The third-order valence-electron chi connectivity index (χ3n) is 4.29. The monoisotopic (exact) mass is 384 g/mol. The molecule has 0 atom stereocenters. The molecule has 0 fully saturated rings. The van der Waals surface area contributed by atoms with Crippen LogP contribution in [0, 0.1) is 6.92 Å². The molecule has 3 aromatic heterocycles. The van der Waals surface area contributed by atoms with Gasteiger partial charge in [-0.2, -0.15) is 0 Å². The molecule has 1 aromatic carbocycles. The van der Waals surface area contributed by atoms with E-state index in [1.54, 1.807) is 24.2 Å². The number of hydrogen-bond acceptors (Lipinski definition) is 5. The third kappa shape index (κ3) is 2.99. The van der Waals surface area contributed by atoms with Gasteiger partial charge >= 0.3 is 0 Å². The number of thioether (sulfide) groups is 1. The topological polar surface area (TPSA) is 56.7 Å². The quantitative estimate of drug-likeness (QED) is 0.433. The number of furan rings is 1. The zero-order valence-corrected chi connectivity index (χ0v) is 16.0. The van der Waals surface area contributed by atoms with Gasteiger partial charge in [0, 0.05) is 28.9 Å². The Balaban J connectivity index is 1.65. The molecule has 0 bridgehead atoms. The van der Waals surface area contributed by atoms with Crippen molar-refractivity contribution in [2.75, 3.05) is 0 Å². The maximum absolute atomic E-state index is 6.29. The number of halogens is 1. The summed E-state index contributed by atoms with van der Waals surface area (Å²) in [4.78, 5) is 4.50. The van der Waals surface area contributed by atoms with Crippen LogP contribution in [0.25, 0.3) is 22.3 Å². The fraction of sp³-hybridized carbons (Fsp3) is 0.211. The molecule has 4 aromatic rings. The number of pyridine rings is 1. The van der Waals surface area contributed by atoms with Crippen LogP contribution in [0.1, 0.15) is 18.2 Å². The highest BCUT2D eigenvalue weighted by molar-refractivity contribution is 7.98. The normalized spacial score (nSPS) is 11.3. The lowest BCUT2D eigenvalue weighted by atomic mass is 10.1. The summed E-state index contributed by atoms with van der Waals surface area (Å²) >= 11 is 7.93. The smallest absolute Gasteiger partial charge is 0.191 e. The van der Waals surface area contributed by atoms with Gasteiger partial charge in [0.25, 0.3) is 0 Å². The first kappa shape index (κ1) is 17.1. The summed E-state index contributed by atoms with van der Waals surface area (Å²) in [6, 6.07) is 9.77. The van der Waals surface area contributed by atoms with Gasteiger partial charge in [-0.3, -0.25) is 4.98 Å². The molecule has 0 spiro atoms. The Labute approximate surface area is 160 Å². The minimum atomic E-state index is 0.719. The van der Waals surface area contributed by atoms with Crippen LogP contribution in [-0.2, 0) is 12.3 Å². The van der Waals surface area contributed by atoms with Gasteiger partial charge in [0.05, 0.1) is 17.3 Å². The molecular weight excluding hydrogens is 368 g/mol. The molecule has 132 valence electrons. The van der Waals surface area contributed by atoms with Gasteiger partial charge in [-0.05, 0) is 43.7 Å². The van der Waals surface area contributed by atoms with Crippen LogP contribution in [0.5, 0.6) is 0 Å². The molecule has 26 heavy (non-hydrogen) atoms. The molecule has 0 radical (unpaired) electrons. The van der Waals surface area contributed by atoms with Crippen LogP contribution in [0.2, 0.25) is 5.02 Å². The highest BCUT2D eigenvalue weighted by Gasteiger charge is 2.17. The molecule has 0 aliphatic rings. The number of aryl methyl sites for hydroxylation is 1. The van der Waals surface area contributed by atoms with Gasteiger partial charge in [-0.15, -0.1) is 10.2 Å². The van der Waals surface area contributed by atoms with Crippen molar-refractivity contribution in [2.24, 2.45) is 0 Å². The number of nitrogens with zero attached hydrogens (tertiary/aromatic N) is 4. The van der Waals surface area contributed by atoms with E-state index in [0.717, 1.165) is 56.1 Å². The van der Waals surface area contributed by atoms with E-state index in [0.29, 0.717) is 0 Å². The summed E-state index contributed by atoms with van der Waals surface area (Å²) in [6.07, 6.45) is 3.47. The van der Waals surface area contributed by atoms with Gasteiger partial charge in [-0.1, -0.05) is 29.4 Å². The fourth-order valence-electron chi connectivity index (χ4n) is 2.95. The van der Waals surface area contributed by atoms with Gasteiger partial charge in [0.2, 0.25) is 0 Å². The van der Waals surface area contributed by atoms with Crippen molar-refractivity contribution in [3.05, 3.63) is 59.1 Å². The van der Waals surface area contributed by atoms with E-state index in [1.165, 1.54) is 0 Å². The molecule has 0 N–H and O–H groups in total. The van der Waals surface area contributed by atoms with Crippen molar-refractivity contribution < 1.29 is 4.42 Å². The number of rotatable bonds is 5. The van der Waals surface area contributed by atoms with Crippen molar-refractivity contribution in [1.82, 2.24) is 19.7 Å². The second-order valence-electron chi connectivity index (χ2n) is 5.84.